The molecule has 0 saturated carbocycles. The van der Waals surface area contributed by atoms with Crippen LogP contribution in [-0.2, 0) is 14.2 Å². The standard InChI is InChI=1S/C16H35NO3/c1-5-6-7-8-9-10-12-15(13-11-14-17)16(18-2,19-3)20-4/h15H,5-14,17H2,1-4H3/t15-/m1/s1. The van der Waals surface area contributed by atoms with Crippen molar-refractivity contribution in [2.24, 2.45) is 11.7 Å². The normalized spacial score (nSPS) is 13.7. The molecule has 0 rings (SSSR count). The van der Waals surface area contributed by atoms with Gasteiger partial charge in [-0.05, 0) is 25.8 Å². The van der Waals surface area contributed by atoms with Gasteiger partial charge in [0.05, 0.1) is 0 Å². The lowest BCUT2D eigenvalue weighted by Gasteiger charge is -2.36. The van der Waals surface area contributed by atoms with E-state index in [1.165, 1.54) is 38.5 Å². The Bertz CT molecular complexity index is 200. The Hall–Kier alpha value is -0.160. The van der Waals surface area contributed by atoms with Crippen LogP contribution in [0, 0.1) is 5.92 Å². The fourth-order valence-electron chi connectivity index (χ4n) is 2.78. The van der Waals surface area contributed by atoms with Crippen LogP contribution in [-0.4, -0.2) is 33.8 Å². The molecular formula is C16H35NO3. The molecule has 0 radical (unpaired) electrons. The molecule has 0 aliphatic carbocycles. The summed E-state index contributed by atoms with van der Waals surface area (Å²) in [5, 5.41) is 0. The lowest BCUT2D eigenvalue weighted by molar-refractivity contribution is -0.380. The Balaban J connectivity index is 4.25. The van der Waals surface area contributed by atoms with Gasteiger partial charge in [0.2, 0.25) is 0 Å². The van der Waals surface area contributed by atoms with Crippen molar-refractivity contribution in [1.82, 2.24) is 0 Å². The number of hydrogen-bond acceptors (Lipinski definition) is 4. The van der Waals surface area contributed by atoms with Gasteiger partial charge in [-0.2, -0.15) is 0 Å². The molecule has 0 aliphatic rings. The van der Waals surface area contributed by atoms with Crippen LogP contribution in [0.25, 0.3) is 0 Å². The Morgan fingerprint density at radius 2 is 1.30 bits per heavy atom. The maximum absolute atomic E-state index is 5.63. The average molecular weight is 289 g/mol. The molecule has 1 atom stereocenters. The molecule has 122 valence electrons. The molecule has 0 heterocycles. The van der Waals surface area contributed by atoms with E-state index in [0.29, 0.717) is 6.54 Å². The second kappa shape index (κ2) is 12.6. The molecule has 0 amide bonds. The Kier molecular flexibility index (Phi) is 12.5. The van der Waals surface area contributed by atoms with Crippen LogP contribution < -0.4 is 5.73 Å². The van der Waals surface area contributed by atoms with Gasteiger partial charge in [-0.3, -0.25) is 0 Å². The molecule has 0 fully saturated rings. The molecule has 20 heavy (non-hydrogen) atoms. The second-order valence-corrected chi connectivity index (χ2v) is 5.40. The van der Waals surface area contributed by atoms with Crippen molar-refractivity contribution in [1.29, 1.82) is 0 Å². The van der Waals surface area contributed by atoms with E-state index >= 15 is 0 Å². The molecule has 0 unspecified atom stereocenters. The fourth-order valence-corrected chi connectivity index (χ4v) is 2.78. The Morgan fingerprint density at radius 3 is 1.80 bits per heavy atom. The average Bonchev–Trinajstić information content (AvgIpc) is 2.49. The van der Waals surface area contributed by atoms with Crippen molar-refractivity contribution in [3.63, 3.8) is 0 Å². The van der Waals surface area contributed by atoms with E-state index in [9.17, 15) is 0 Å². The zero-order valence-corrected chi connectivity index (χ0v) is 14.0. The van der Waals surface area contributed by atoms with E-state index in [2.05, 4.69) is 6.92 Å². The van der Waals surface area contributed by atoms with Gasteiger partial charge in [0, 0.05) is 27.2 Å². The number of unbranched alkanes of at least 4 members (excludes halogenated alkanes) is 5. The van der Waals surface area contributed by atoms with Crippen LogP contribution >= 0.6 is 0 Å². The van der Waals surface area contributed by atoms with Gasteiger partial charge >= 0.3 is 0 Å². The molecule has 0 aromatic rings. The van der Waals surface area contributed by atoms with Crippen LogP contribution in [0.1, 0.15) is 64.7 Å². The lowest BCUT2D eigenvalue weighted by atomic mass is 9.93. The summed E-state index contributed by atoms with van der Waals surface area (Å²) in [4.78, 5) is 0. The van der Waals surface area contributed by atoms with Gasteiger partial charge < -0.3 is 19.9 Å². The van der Waals surface area contributed by atoms with Crippen molar-refractivity contribution in [3.8, 4) is 0 Å². The van der Waals surface area contributed by atoms with Gasteiger partial charge in [0.15, 0.2) is 0 Å². The molecule has 0 aliphatic heterocycles. The molecule has 0 saturated heterocycles. The summed E-state index contributed by atoms with van der Waals surface area (Å²) in [6.07, 6.45) is 10.8. The minimum Gasteiger partial charge on any atom is -0.331 e. The minimum absolute atomic E-state index is 0.234. The van der Waals surface area contributed by atoms with Crippen LogP contribution in [0.2, 0.25) is 0 Å². The number of rotatable bonds is 14. The van der Waals surface area contributed by atoms with E-state index in [1.807, 2.05) is 0 Å². The monoisotopic (exact) mass is 289 g/mol. The molecule has 0 spiro atoms. The Labute approximate surface area is 125 Å². The second-order valence-electron chi connectivity index (χ2n) is 5.40. The highest BCUT2D eigenvalue weighted by atomic mass is 16.9. The molecule has 0 aromatic carbocycles. The van der Waals surface area contributed by atoms with Gasteiger partial charge in [-0.15, -0.1) is 0 Å². The van der Waals surface area contributed by atoms with E-state index in [0.717, 1.165) is 19.3 Å². The van der Waals surface area contributed by atoms with Gasteiger partial charge in [-0.1, -0.05) is 45.4 Å². The van der Waals surface area contributed by atoms with Crippen LogP contribution in [0.3, 0.4) is 0 Å². The van der Waals surface area contributed by atoms with Crippen molar-refractivity contribution in [2.75, 3.05) is 27.9 Å². The predicted octanol–water partition coefficient (Wildman–Crippen LogP) is 3.69. The van der Waals surface area contributed by atoms with E-state index in [4.69, 9.17) is 19.9 Å². The van der Waals surface area contributed by atoms with Gasteiger partial charge in [0.1, 0.15) is 0 Å². The number of hydrogen-bond donors (Lipinski definition) is 1. The van der Waals surface area contributed by atoms with Crippen LogP contribution in [0.15, 0.2) is 0 Å². The summed E-state index contributed by atoms with van der Waals surface area (Å²) in [5.74, 6) is -0.685. The molecule has 0 bridgehead atoms. The third-order valence-corrected chi connectivity index (χ3v) is 4.02. The summed E-state index contributed by atoms with van der Waals surface area (Å²) < 4.78 is 16.5. The third-order valence-electron chi connectivity index (χ3n) is 4.02. The van der Waals surface area contributed by atoms with Crippen LogP contribution in [0.4, 0.5) is 0 Å². The first-order chi connectivity index (χ1) is 9.70. The molecule has 4 nitrogen and oxygen atoms in total. The number of ether oxygens (including phenoxy) is 3. The van der Waals surface area contributed by atoms with Gasteiger partial charge in [-0.25, -0.2) is 0 Å². The number of nitrogens with two attached hydrogens (primary N) is 1. The highest BCUT2D eigenvalue weighted by molar-refractivity contribution is 4.71. The topological polar surface area (TPSA) is 53.7 Å². The summed E-state index contributed by atoms with van der Waals surface area (Å²) >= 11 is 0. The van der Waals surface area contributed by atoms with Crippen LogP contribution in [0.5, 0.6) is 0 Å². The third kappa shape index (κ3) is 7.02. The smallest absolute Gasteiger partial charge is 0.285 e. The zero-order valence-electron chi connectivity index (χ0n) is 14.0. The van der Waals surface area contributed by atoms with Crippen molar-refractivity contribution in [2.45, 2.75) is 70.7 Å². The molecule has 2 N–H and O–H groups in total. The first-order valence-electron chi connectivity index (χ1n) is 8.06. The summed E-state index contributed by atoms with van der Waals surface area (Å²) in [6, 6.07) is 0. The summed E-state index contributed by atoms with van der Waals surface area (Å²) in [7, 11) is 4.93. The number of methoxy groups -OCH3 is 3. The zero-order chi connectivity index (χ0) is 15.3. The SMILES string of the molecule is CCCCCCCC[C@H](CCCN)C(OC)(OC)OC. The lowest BCUT2D eigenvalue weighted by Crippen LogP contribution is -2.44. The highest BCUT2D eigenvalue weighted by Gasteiger charge is 2.39. The van der Waals surface area contributed by atoms with Crippen molar-refractivity contribution >= 4 is 0 Å². The molecule has 4 heteroatoms. The first kappa shape index (κ1) is 19.8. The highest BCUT2D eigenvalue weighted by Crippen LogP contribution is 2.32. The fraction of sp³-hybridized carbons (Fsp3) is 1.00. The first-order valence-corrected chi connectivity index (χ1v) is 8.06. The van der Waals surface area contributed by atoms with Crippen molar-refractivity contribution < 1.29 is 14.2 Å². The Morgan fingerprint density at radius 1 is 0.800 bits per heavy atom. The summed E-state index contributed by atoms with van der Waals surface area (Å²) in [6.45, 7) is 2.94. The predicted molar refractivity (Wildman–Crippen MR) is 83.5 cm³/mol. The van der Waals surface area contributed by atoms with E-state index in [1.54, 1.807) is 21.3 Å². The largest absolute Gasteiger partial charge is 0.331 e. The molecular weight excluding hydrogens is 254 g/mol. The maximum atomic E-state index is 5.63. The maximum Gasteiger partial charge on any atom is 0.285 e. The van der Waals surface area contributed by atoms with Gasteiger partial charge in [0.25, 0.3) is 5.97 Å². The van der Waals surface area contributed by atoms with E-state index in [-0.39, 0.29) is 5.92 Å². The summed E-state index contributed by atoms with van der Waals surface area (Å²) in [5.41, 5.74) is 5.63. The minimum atomic E-state index is -0.918. The van der Waals surface area contributed by atoms with Crippen molar-refractivity contribution in [3.05, 3.63) is 0 Å². The quantitative estimate of drug-likeness (QED) is 0.391. The molecule has 0 aromatic heterocycles. The van der Waals surface area contributed by atoms with E-state index < -0.39 is 5.97 Å².